The van der Waals surface area contributed by atoms with Gasteiger partial charge in [-0.15, -0.1) is 0 Å². The first-order valence-corrected chi connectivity index (χ1v) is 10.7. The molecular formula is C22H33N3O4. The Balaban J connectivity index is 1.66. The van der Waals surface area contributed by atoms with Gasteiger partial charge in [-0.25, -0.2) is 0 Å². The van der Waals surface area contributed by atoms with Crippen molar-refractivity contribution in [2.24, 2.45) is 0 Å². The fraction of sp³-hybridized carbons (Fsp3) is 0.636. The maximum absolute atomic E-state index is 13.0. The number of fused-ring (bicyclic) bond motifs is 1. The number of benzene rings is 1. The fourth-order valence-corrected chi connectivity index (χ4v) is 3.93. The van der Waals surface area contributed by atoms with Crippen molar-refractivity contribution in [3.05, 3.63) is 23.8 Å². The van der Waals surface area contributed by atoms with Gasteiger partial charge >= 0.3 is 0 Å². The Morgan fingerprint density at radius 2 is 1.93 bits per heavy atom. The van der Waals surface area contributed by atoms with Gasteiger partial charge in [0.15, 0.2) is 11.5 Å². The Morgan fingerprint density at radius 3 is 2.66 bits per heavy atom. The standard InChI is InChI=1S/C22H33N3O4/c1-4-24(14-21(26)23-16(2)3)15-22(27)25-10-5-7-18(25)17-8-9-19-20(13-17)29-12-6-11-28-19/h8-9,13,16,18H,4-7,10-12,14-15H2,1-3H3,(H,23,26)/t18-/m0/s1. The number of hydrogen-bond donors (Lipinski definition) is 1. The summed E-state index contributed by atoms with van der Waals surface area (Å²) in [6.07, 6.45) is 2.78. The van der Waals surface area contributed by atoms with Crippen LogP contribution in [-0.2, 0) is 9.59 Å². The molecule has 0 aromatic heterocycles. The highest BCUT2D eigenvalue weighted by Crippen LogP contribution is 2.37. The predicted octanol–water partition coefficient (Wildman–Crippen LogP) is 2.36. The second-order valence-corrected chi connectivity index (χ2v) is 8.03. The Kier molecular flexibility index (Phi) is 7.36. The summed E-state index contributed by atoms with van der Waals surface area (Å²) in [6, 6.07) is 6.15. The fourth-order valence-electron chi connectivity index (χ4n) is 3.93. The highest BCUT2D eigenvalue weighted by atomic mass is 16.5. The first-order chi connectivity index (χ1) is 14.0. The largest absolute Gasteiger partial charge is 0.490 e. The van der Waals surface area contributed by atoms with Gasteiger partial charge in [-0.05, 0) is 50.9 Å². The minimum absolute atomic E-state index is 0.0443. The normalized spacial score (nSPS) is 18.8. The van der Waals surface area contributed by atoms with Crippen LogP contribution in [0.25, 0.3) is 0 Å². The van der Waals surface area contributed by atoms with Gasteiger partial charge in [-0.3, -0.25) is 14.5 Å². The van der Waals surface area contributed by atoms with Crippen LogP contribution in [0.5, 0.6) is 11.5 Å². The molecule has 0 bridgehead atoms. The third-order valence-corrected chi connectivity index (χ3v) is 5.35. The molecule has 7 heteroatoms. The summed E-state index contributed by atoms with van der Waals surface area (Å²) in [6.45, 7) is 9.04. The second kappa shape index (κ2) is 9.96. The van der Waals surface area contributed by atoms with Crippen LogP contribution in [0.1, 0.15) is 51.6 Å². The molecule has 2 amide bonds. The molecule has 1 saturated heterocycles. The minimum Gasteiger partial charge on any atom is -0.490 e. The lowest BCUT2D eigenvalue weighted by atomic mass is 10.0. The van der Waals surface area contributed by atoms with Crippen molar-refractivity contribution in [3.63, 3.8) is 0 Å². The van der Waals surface area contributed by atoms with Gasteiger partial charge in [-0.2, -0.15) is 0 Å². The molecule has 0 spiro atoms. The van der Waals surface area contributed by atoms with Crippen LogP contribution in [0.15, 0.2) is 18.2 Å². The zero-order valence-corrected chi connectivity index (χ0v) is 17.8. The van der Waals surface area contributed by atoms with E-state index in [-0.39, 0.29) is 37.0 Å². The summed E-state index contributed by atoms with van der Waals surface area (Å²) in [5, 5.41) is 2.89. The van der Waals surface area contributed by atoms with Crippen molar-refractivity contribution in [2.45, 2.75) is 52.1 Å². The Morgan fingerprint density at radius 1 is 1.17 bits per heavy atom. The number of nitrogens with one attached hydrogen (secondary N) is 1. The van der Waals surface area contributed by atoms with E-state index in [4.69, 9.17) is 9.47 Å². The zero-order valence-electron chi connectivity index (χ0n) is 17.8. The lowest BCUT2D eigenvalue weighted by Gasteiger charge is -2.28. The van der Waals surface area contributed by atoms with E-state index in [2.05, 4.69) is 5.32 Å². The number of ether oxygens (including phenoxy) is 2. The Bertz CT molecular complexity index is 722. The molecule has 0 unspecified atom stereocenters. The minimum atomic E-state index is -0.0458. The number of carbonyl (C=O) groups excluding carboxylic acids is 2. The molecule has 2 heterocycles. The first kappa shape index (κ1) is 21.4. The van der Waals surface area contributed by atoms with Crippen molar-refractivity contribution in [2.75, 3.05) is 39.4 Å². The van der Waals surface area contributed by atoms with Gasteiger partial charge in [0.25, 0.3) is 0 Å². The van der Waals surface area contributed by atoms with Crippen molar-refractivity contribution in [3.8, 4) is 11.5 Å². The van der Waals surface area contributed by atoms with E-state index in [0.29, 0.717) is 19.8 Å². The number of carbonyl (C=O) groups is 2. The molecule has 29 heavy (non-hydrogen) atoms. The maximum Gasteiger partial charge on any atom is 0.237 e. The summed E-state index contributed by atoms with van der Waals surface area (Å²) in [5.41, 5.74) is 1.08. The number of likely N-dealkylation sites (tertiary alicyclic amines) is 1. The molecule has 1 atom stereocenters. The highest BCUT2D eigenvalue weighted by Gasteiger charge is 2.31. The second-order valence-electron chi connectivity index (χ2n) is 8.03. The van der Waals surface area contributed by atoms with Gasteiger partial charge in [0.2, 0.25) is 11.8 Å². The van der Waals surface area contributed by atoms with Crippen LogP contribution in [0.2, 0.25) is 0 Å². The topological polar surface area (TPSA) is 71.1 Å². The number of amides is 2. The quantitative estimate of drug-likeness (QED) is 0.757. The molecule has 160 valence electrons. The van der Waals surface area contributed by atoms with Gasteiger partial charge in [-0.1, -0.05) is 13.0 Å². The van der Waals surface area contributed by atoms with E-state index in [1.54, 1.807) is 0 Å². The van der Waals surface area contributed by atoms with E-state index in [1.165, 1.54) is 0 Å². The number of nitrogens with zero attached hydrogens (tertiary/aromatic N) is 2. The third kappa shape index (κ3) is 5.63. The summed E-state index contributed by atoms with van der Waals surface area (Å²) < 4.78 is 11.5. The number of rotatable bonds is 7. The smallest absolute Gasteiger partial charge is 0.237 e. The monoisotopic (exact) mass is 403 g/mol. The third-order valence-electron chi connectivity index (χ3n) is 5.35. The van der Waals surface area contributed by atoms with Gasteiger partial charge in [0.05, 0.1) is 32.3 Å². The number of likely N-dealkylation sites (N-methyl/N-ethyl adjacent to an activating group) is 1. The van der Waals surface area contributed by atoms with Crippen molar-refractivity contribution < 1.29 is 19.1 Å². The molecule has 7 nitrogen and oxygen atoms in total. The van der Waals surface area contributed by atoms with E-state index < -0.39 is 0 Å². The zero-order chi connectivity index (χ0) is 20.8. The van der Waals surface area contributed by atoms with Crippen molar-refractivity contribution in [1.29, 1.82) is 0 Å². The highest BCUT2D eigenvalue weighted by molar-refractivity contribution is 5.81. The van der Waals surface area contributed by atoms with E-state index in [0.717, 1.165) is 42.9 Å². The maximum atomic E-state index is 13.0. The molecule has 2 aliphatic heterocycles. The van der Waals surface area contributed by atoms with E-state index in [1.807, 2.05) is 48.8 Å². The van der Waals surface area contributed by atoms with E-state index >= 15 is 0 Å². The SMILES string of the molecule is CCN(CC(=O)NC(C)C)CC(=O)N1CCC[C@H]1c1ccc2c(c1)OCCCO2. The van der Waals surface area contributed by atoms with Crippen LogP contribution in [0.3, 0.4) is 0 Å². The average Bonchev–Trinajstić information content (AvgIpc) is 3.05. The van der Waals surface area contributed by atoms with Crippen LogP contribution in [-0.4, -0.2) is 67.0 Å². The van der Waals surface area contributed by atoms with Gasteiger partial charge in [0.1, 0.15) is 0 Å². The van der Waals surface area contributed by atoms with Crippen LogP contribution < -0.4 is 14.8 Å². The van der Waals surface area contributed by atoms with Crippen molar-refractivity contribution >= 4 is 11.8 Å². The Labute approximate surface area is 173 Å². The molecule has 0 saturated carbocycles. The summed E-state index contributed by atoms with van der Waals surface area (Å²) in [5.74, 6) is 1.56. The van der Waals surface area contributed by atoms with Crippen LogP contribution in [0.4, 0.5) is 0 Å². The molecule has 1 aromatic carbocycles. The summed E-state index contributed by atoms with van der Waals surface area (Å²) >= 11 is 0. The first-order valence-electron chi connectivity index (χ1n) is 10.7. The summed E-state index contributed by atoms with van der Waals surface area (Å²) in [4.78, 5) is 29.0. The molecule has 0 radical (unpaired) electrons. The molecule has 2 aliphatic rings. The Hall–Kier alpha value is -2.28. The molecule has 1 fully saturated rings. The summed E-state index contributed by atoms with van der Waals surface area (Å²) in [7, 11) is 0. The van der Waals surface area contributed by atoms with Crippen LogP contribution >= 0.6 is 0 Å². The van der Waals surface area contributed by atoms with Crippen LogP contribution in [0, 0.1) is 0 Å². The average molecular weight is 404 g/mol. The van der Waals surface area contributed by atoms with Gasteiger partial charge in [0, 0.05) is 19.0 Å². The molecule has 1 aromatic rings. The number of hydrogen-bond acceptors (Lipinski definition) is 5. The lowest BCUT2D eigenvalue weighted by Crippen LogP contribution is -2.45. The van der Waals surface area contributed by atoms with Gasteiger partial charge < -0.3 is 19.7 Å². The molecule has 1 N–H and O–H groups in total. The lowest BCUT2D eigenvalue weighted by molar-refractivity contribution is -0.134. The molecule has 0 aliphatic carbocycles. The van der Waals surface area contributed by atoms with Crippen molar-refractivity contribution in [1.82, 2.24) is 15.1 Å². The predicted molar refractivity (Wildman–Crippen MR) is 111 cm³/mol. The molecular weight excluding hydrogens is 370 g/mol. The molecule has 3 rings (SSSR count). The van der Waals surface area contributed by atoms with E-state index in [9.17, 15) is 9.59 Å².